The topological polar surface area (TPSA) is 585 Å². The molecule has 7 aromatic carbocycles. The van der Waals surface area contributed by atoms with Crippen LogP contribution >= 0.6 is 11.6 Å². The van der Waals surface area contributed by atoms with Gasteiger partial charge in [0, 0.05) is 57.5 Å². The number of aliphatic imine (C=N–C) groups is 1. The van der Waals surface area contributed by atoms with Crippen molar-refractivity contribution < 1.29 is 105 Å². The second-order valence-corrected chi connectivity index (χ2v) is 33.6. The fraction of sp³-hybridized carbons (Fsp3) is 0.164. The van der Waals surface area contributed by atoms with E-state index in [9.17, 15) is 91.1 Å². The molecule has 47 heteroatoms. The van der Waals surface area contributed by atoms with E-state index in [1.54, 1.807) is 11.8 Å². The Morgan fingerprint density at radius 2 is 1.23 bits per heavy atom. The Labute approximate surface area is 619 Å². The van der Waals surface area contributed by atoms with E-state index in [1.807, 2.05) is 0 Å². The molecule has 570 valence electrons. The van der Waals surface area contributed by atoms with E-state index in [1.165, 1.54) is 107 Å². The van der Waals surface area contributed by atoms with E-state index in [-0.39, 0.29) is 113 Å². The number of anilines is 10. The van der Waals surface area contributed by atoms with Gasteiger partial charge in [-0.3, -0.25) is 32.4 Å². The average Bonchev–Trinajstić information content (AvgIpc) is 0.710. The second kappa shape index (κ2) is 31.7. The third-order valence-corrected chi connectivity index (χ3v) is 22.9. The summed E-state index contributed by atoms with van der Waals surface area (Å²) in [7, 11) is -30.9. The number of benzene rings is 7. The van der Waals surface area contributed by atoms with E-state index >= 15 is 0 Å². The number of carbonyl (C=O) groups excluding carboxylic acids is 2. The van der Waals surface area contributed by atoms with Gasteiger partial charge in [-0.25, -0.2) is 26.0 Å². The van der Waals surface area contributed by atoms with Gasteiger partial charge in [-0.15, -0.1) is 5.11 Å². The van der Waals surface area contributed by atoms with Crippen LogP contribution in [0, 0.1) is 26.8 Å². The Bertz CT molecular complexity index is 6130. The van der Waals surface area contributed by atoms with Crippen molar-refractivity contribution in [3.8, 4) is 0 Å². The molecule has 0 spiro atoms. The SMILES string of the molecule is C=CS(=O)(=O)CCNc1nc(F)nc(Nc2c(C)c(Nc3cc(S(=O)(=O)O)c(N)c4c3C(=O)c3ccccc3C4=O)c(C)c(S(=O)(=O)O)c2C)n1.CCN(c1ccc(S(=O)(=O)CCOS(=O)(=O)O)cc1)c1nc(Cl)nc(Nc2ccc(N=Nc3cc(S(=O)(=O)O)c4cccc(S(=O)(=O)O)c4c3)c(N=COC)c2)n1. The summed E-state index contributed by atoms with van der Waals surface area (Å²) >= 11 is 6.26. The second-order valence-electron chi connectivity index (χ2n) is 22.4. The van der Waals surface area contributed by atoms with Crippen molar-refractivity contribution in [2.45, 2.75) is 52.2 Å². The Kier molecular flexibility index (Phi) is 23.9. The summed E-state index contributed by atoms with van der Waals surface area (Å²) < 4.78 is 241. The molecule has 0 radical (unpaired) electrons. The molecule has 2 aromatic heterocycles. The minimum atomic E-state index is -5.11. The van der Waals surface area contributed by atoms with Gasteiger partial charge in [-0.1, -0.05) is 43.0 Å². The molecule has 9 aromatic rings. The molecule has 0 bridgehead atoms. The lowest BCUT2D eigenvalue weighted by molar-refractivity contribution is 0.0980. The van der Waals surface area contributed by atoms with Crippen LogP contribution in [0.3, 0.4) is 0 Å². The van der Waals surface area contributed by atoms with E-state index in [0.717, 1.165) is 36.1 Å². The lowest BCUT2D eigenvalue weighted by Gasteiger charge is -2.26. The van der Waals surface area contributed by atoms with Gasteiger partial charge in [0.25, 0.3) is 40.5 Å². The Morgan fingerprint density at radius 1 is 0.620 bits per heavy atom. The molecule has 1 aliphatic carbocycles. The highest BCUT2D eigenvalue weighted by Gasteiger charge is 2.38. The third kappa shape index (κ3) is 18.8. The van der Waals surface area contributed by atoms with Gasteiger partial charge in [0.05, 0.1) is 69.7 Å². The molecule has 38 nitrogen and oxygen atoms in total. The molecule has 11 N–H and O–H groups in total. The Morgan fingerprint density at radius 3 is 1.82 bits per heavy atom. The molecule has 108 heavy (non-hydrogen) atoms. The molecule has 0 atom stereocenters. The number of aromatic nitrogens is 6. The van der Waals surface area contributed by atoms with Crippen molar-refractivity contribution in [3.63, 3.8) is 0 Å². The predicted molar refractivity (Wildman–Crippen MR) is 389 cm³/mol. The van der Waals surface area contributed by atoms with E-state index in [0.29, 0.717) is 11.4 Å². The lowest BCUT2D eigenvalue weighted by Crippen LogP contribution is -2.25. The minimum Gasteiger partial charge on any atom is -0.486 e. The number of nitrogens with one attached hydrogen (secondary N) is 4. The summed E-state index contributed by atoms with van der Waals surface area (Å²) in [6.07, 6.45) is -0.226. The number of carbonyl (C=O) groups is 2. The first-order valence-electron chi connectivity index (χ1n) is 30.2. The van der Waals surface area contributed by atoms with Crippen molar-refractivity contribution in [1.29, 1.82) is 0 Å². The number of rotatable bonds is 27. The number of methoxy groups -OCH3 is 1. The first-order valence-corrected chi connectivity index (χ1v) is 41.0. The summed E-state index contributed by atoms with van der Waals surface area (Å²) in [5.41, 5.74) is 4.40. The Hall–Kier alpha value is -10.6. The number of fused-ring (bicyclic) bond motifs is 3. The number of sulfone groups is 2. The zero-order valence-electron chi connectivity index (χ0n) is 56.0. The molecule has 10 rings (SSSR count). The van der Waals surface area contributed by atoms with Crippen molar-refractivity contribution in [2.24, 2.45) is 15.2 Å². The maximum atomic E-state index is 14.5. The summed E-state index contributed by atoms with van der Waals surface area (Å²) in [6.45, 7) is 8.24. The maximum absolute atomic E-state index is 14.5. The predicted octanol–water partition coefficient (Wildman–Crippen LogP) is 8.63. The van der Waals surface area contributed by atoms with Crippen LogP contribution in [0.1, 0.15) is 55.5 Å². The number of nitrogens with two attached hydrogens (primary N) is 1. The number of nitrogens with zero attached hydrogens (tertiary/aromatic N) is 10. The number of halogens is 2. The van der Waals surface area contributed by atoms with Crippen molar-refractivity contribution in [3.05, 3.63) is 165 Å². The normalized spacial score (nSPS) is 12.9. The number of azo groups is 1. The van der Waals surface area contributed by atoms with Crippen molar-refractivity contribution in [2.75, 3.05) is 70.2 Å². The molecule has 0 amide bonds. The molecular weight excluding hydrogens is 1590 g/mol. The van der Waals surface area contributed by atoms with Gasteiger partial charge in [-0.2, -0.15) is 81.5 Å². The van der Waals surface area contributed by atoms with Gasteiger partial charge in [0.1, 0.15) is 25.3 Å². The molecule has 0 saturated carbocycles. The zero-order valence-corrected chi connectivity index (χ0v) is 62.4. The number of hydrogen-bond donors (Lipinski definition) is 10. The number of ether oxygens (including phenoxy) is 1. The zero-order chi connectivity index (χ0) is 79.6. The summed E-state index contributed by atoms with van der Waals surface area (Å²) in [5.74, 6) is -3.57. The van der Waals surface area contributed by atoms with Crippen LogP contribution in [-0.4, -0.2) is 168 Å². The smallest absolute Gasteiger partial charge is 0.397 e. The first kappa shape index (κ1) is 81.5. The summed E-state index contributed by atoms with van der Waals surface area (Å²) in [6, 6.07) is 22.1. The fourth-order valence-electron chi connectivity index (χ4n) is 10.8. The van der Waals surface area contributed by atoms with Gasteiger partial charge in [0.15, 0.2) is 37.6 Å². The maximum Gasteiger partial charge on any atom is 0.397 e. The molecule has 0 unspecified atom stereocenters. The van der Waals surface area contributed by atoms with Crippen molar-refractivity contribution >= 4 is 186 Å². The summed E-state index contributed by atoms with van der Waals surface area (Å²) in [5, 5.41) is 19.2. The molecule has 0 fully saturated rings. The largest absolute Gasteiger partial charge is 0.486 e. The van der Waals surface area contributed by atoms with Gasteiger partial charge in [-0.05, 0) is 123 Å². The fourth-order valence-corrected chi connectivity index (χ4v) is 16.0. The average molecular weight is 1650 g/mol. The minimum absolute atomic E-state index is 0.0268. The highest BCUT2D eigenvalue weighted by molar-refractivity contribution is 7.94. The summed E-state index contributed by atoms with van der Waals surface area (Å²) in [4.78, 5) is 54.0. The van der Waals surface area contributed by atoms with Crippen LogP contribution in [0.4, 0.5) is 79.4 Å². The van der Waals surface area contributed by atoms with Crippen LogP contribution < -0.4 is 31.9 Å². The lowest BCUT2D eigenvalue weighted by atomic mass is 9.82. The molecule has 1 aliphatic rings. The number of nitrogen functional groups attached to an aromatic ring is 1. The van der Waals surface area contributed by atoms with Gasteiger partial charge >= 0.3 is 16.5 Å². The van der Waals surface area contributed by atoms with Crippen LogP contribution in [0.5, 0.6) is 0 Å². The molecule has 2 heterocycles. The number of hydrogen-bond acceptors (Lipinski definition) is 33. The highest BCUT2D eigenvalue weighted by atomic mass is 35.5. The monoisotopic (exact) mass is 1650 g/mol. The number of ketones is 2. The van der Waals surface area contributed by atoms with E-state index < -0.39 is 149 Å². The van der Waals surface area contributed by atoms with Crippen LogP contribution in [0.25, 0.3) is 10.8 Å². The van der Waals surface area contributed by atoms with Gasteiger partial charge in [0.2, 0.25) is 29.1 Å². The van der Waals surface area contributed by atoms with E-state index in [2.05, 4.69) is 77.2 Å². The first-order chi connectivity index (χ1) is 50.3. The van der Waals surface area contributed by atoms with Crippen LogP contribution in [0.15, 0.2) is 155 Å². The van der Waals surface area contributed by atoms with Crippen molar-refractivity contribution in [1.82, 2.24) is 29.9 Å². The van der Waals surface area contributed by atoms with E-state index in [4.69, 9.17) is 26.6 Å². The van der Waals surface area contributed by atoms with Crippen LogP contribution in [-0.2, 0) is 79.5 Å². The van der Waals surface area contributed by atoms with Crippen LogP contribution in [0.2, 0.25) is 5.28 Å². The molecule has 0 saturated heterocycles. The highest BCUT2D eigenvalue weighted by Crippen LogP contribution is 2.45. The molecular formula is C61H57ClFN15O23S7. The third-order valence-electron chi connectivity index (χ3n) is 15.5. The quantitative estimate of drug-likeness (QED) is 0.00756. The standard InChI is InChI=1S/C31H29ClN8O13S4.C30H28FN7O10S3/c1-3-40(21-8-10-22(11-9-21)54(41,42)14-13-53-57(49,50)51)31-36-29(32)35-30(37-31)34-19-7-12-25(26(16-19)33-18-52-2)39-38-20-15-24-23(28(17-20)56(46,47)48)5-4-6-27(24)55(43,44)45;1-5-49(41,42)11-10-33-29-36-28(31)37-30(38-29)35-24-13(2)23(14(3)27(15(24)4)51(46,47)48)34-18-12-19(50(43,44)45)22(32)21-20(18)25(39)16-8-6-7-9-17(16)26(21)40/h4-12,15-18H,3,13-14H2,1-2H3,(H,43,44,45)(H,46,47,48)(H,49,50,51)(H,34,35,36,37);5-9,12,34H,1,10-11,32H2,2-4H3,(H,43,44,45)(H,46,47,48)(H2,33,35,36,37,38). The molecule has 0 aliphatic heterocycles. The van der Waals surface area contributed by atoms with Gasteiger partial charge < -0.3 is 36.6 Å². The Balaban J connectivity index is 0.000000251.